The zero-order valence-corrected chi connectivity index (χ0v) is 16.6. The Balaban J connectivity index is 0.00000261. The van der Waals surface area contributed by atoms with Gasteiger partial charge in [0.2, 0.25) is 5.91 Å². The van der Waals surface area contributed by atoms with E-state index in [2.05, 4.69) is 5.32 Å². The molecule has 0 spiro atoms. The quantitative estimate of drug-likeness (QED) is 0.764. The van der Waals surface area contributed by atoms with Gasteiger partial charge in [-0.15, -0.1) is 12.4 Å². The molecule has 2 aromatic rings. The molecule has 0 bridgehead atoms. The summed E-state index contributed by atoms with van der Waals surface area (Å²) in [6, 6.07) is 14.6. The van der Waals surface area contributed by atoms with Crippen LogP contribution in [0.1, 0.15) is 30.0 Å². The molecule has 3 N–H and O–H groups in total. The summed E-state index contributed by atoms with van der Waals surface area (Å²) in [6.45, 7) is 0.421. The van der Waals surface area contributed by atoms with Crippen molar-refractivity contribution >= 4 is 29.9 Å². The third-order valence-corrected chi connectivity index (χ3v) is 4.96. The Labute approximate surface area is 170 Å². The number of para-hydroxylation sites is 1. The highest BCUT2D eigenvalue weighted by Gasteiger charge is 2.32. The number of hydrogen-bond donors (Lipinski definition) is 2. The maximum Gasteiger partial charge on any atom is 0.249 e. The first-order chi connectivity index (χ1) is 12.6. The van der Waals surface area contributed by atoms with Crippen molar-refractivity contribution in [3.63, 3.8) is 0 Å². The van der Waals surface area contributed by atoms with Crippen LogP contribution >= 0.6 is 24.0 Å². The van der Waals surface area contributed by atoms with E-state index in [1.165, 1.54) is 0 Å². The van der Waals surface area contributed by atoms with E-state index in [-0.39, 0.29) is 24.4 Å². The number of methoxy groups -OCH3 is 1. The van der Waals surface area contributed by atoms with Crippen LogP contribution in [0.2, 0.25) is 5.02 Å². The second-order valence-electron chi connectivity index (χ2n) is 6.26. The number of halogens is 2. The number of nitrogens with two attached hydrogens (primary N) is 1. The summed E-state index contributed by atoms with van der Waals surface area (Å²) in [5.74, 6) is 0.515. The molecule has 3 rings (SSSR count). The highest BCUT2D eigenvalue weighted by molar-refractivity contribution is 6.31. The summed E-state index contributed by atoms with van der Waals surface area (Å²) in [6.07, 6.45) is 0.897. The minimum Gasteiger partial charge on any atom is -0.496 e. The van der Waals surface area contributed by atoms with E-state index in [4.69, 9.17) is 26.8 Å². The fourth-order valence-electron chi connectivity index (χ4n) is 3.24. The number of amides is 1. The molecule has 0 radical (unpaired) electrons. The molecule has 5 nitrogen and oxygen atoms in total. The van der Waals surface area contributed by atoms with Gasteiger partial charge in [0, 0.05) is 17.1 Å². The number of rotatable bonds is 6. The second-order valence-corrected chi connectivity index (χ2v) is 6.67. The maximum absolute atomic E-state index is 12.8. The SMILES string of the molecule is COc1ccccc1C(NC(=O)[C@@H]1CC[C@H](CN)O1)c1ccccc1Cl.Cl. The Morgan fingerprint density at radius 2 is 1.89 bits per heavy atom. The maximum atomic E-state index is 12.8. The lowest BCUT2D eigenvalue weighted by atomic mass is 9.97. The molecule has 146 valence electrons. The lowest BCUT2D eigenvalue weighted by molar-refractivity contribution is -0.132. The lowest BCUT2D eigenvalue weighted by Crippen LogP contribution is -2.38. The average Bonchev–Trinajstić information content (AvgIpc) is 3.16. The smallest absolute Gasteiger partial charge is 0.249 e. The molecule has 0 saturated carbocycles. The highest BCUT2D eigenvalue weighted by atomic mass is 35.5. The minimum atomic E-state index is -0.497. The van der Waals surface area contributed by atoms with Gasteiger partial charge in [-0.25, -0.2) is 0 Å². The molecule has 1 amide bonds. The summed E-state index contributed by atoms with van der Waals surface area (Å²) in [5.41, 5.74) is 7.29. The molecule has 27 heavy (non-hydrogen) atoms. The van der Waals surface area contributed by atoms with Crippen LogP contribution in [0.3, 0.4) is 0 Å². The molecule has 0 aliphatic carbocycles. The molecule has 7 heteroatoms. The third-order valence-electron chi connectivity index (χ3n) is 4.62. The first-order valence-electron chi connectivity index (χ1n) is 8.67. The van der Waals surface area contributed by atoms with E-state index in [1.807, 2.05) is 48.5 Å². The van der Waals surface area contributed by atoms with Gasteiger partial charge in [-0.3, -0.25) is 4.79 Å². The molecule has 1 fully saturated rings. The number of hydrogen-bond acceptors (Lipinski definition) is 4. The largest absolute Gasteiger partial charge is 0.496 e. The number of carbonyl (C=O) groups excluding carboxylic acids is 1. The van der Waals surface area contributed by atoms with Gasteiger partial charge < -0.3 is 20.5 Å². The monoisotopic (exact) mass is 410 g/mol. The van der Waals surface area contributed by atoms with Crippen LogP contribution in [0.25, 0.3) is 0 Å². The summed E-state index contributed by atoms with van der Waals surface area (Å²) in [4.78, 5) is 12.8. The van der Waals surface area contributed by atoms with E-state index in [9.17, 15) is 4.79 Å². The Bertz CT molecular complexity index is 772. The molecule has 1 unspecified atom stereocenters. The molecule has 3 atom stereocenters. The first-order valence-corrected chi connectivity index (χ1v) is 9.05. The van der Waals surface area contributed by atoms with Gasteiger partial charge in [-0.05, 0) is 30.5 Å². The molecule has 1 saturated heterocycles. The normalized spacial score (nSPS) is 19.8. The van der Waals surface area contributed by atoms with Crippen LogP contribution in [-0.2, 0) is 9.53 Å². The Hall–Kier alpha value is -1.79. The van der Waals surface area contributed by atoms with Crippen molar-refractivity contribution in [2.24, 2.45) is 5.73 Å². The van der Waals surface area contributed by atoms with E-state index >= 15 is 0 Å². The number of ether oxygens (including phenoxy) is 2. The van der Waals surface area contributed by atoms with E-state index in [1.54, 1.807) is 7.11 Å². The van der Waals surface area contributed by atoms with Crippen LogP contribution in [0, 0.1) is 0 Å². The predicted molar refractivity (Wildman–Crippen MR) is 109 cm³/mol. The topological polar surface area (TPSA) is 73.6 Å². The number of benzene rings is 2. The summed E-state index contributed by atoms with van der Waals surface area (Å²) in [5, 5.41) is 3.66. The second kappa shape index (κ2) is 9.95. The summed E-state index contributed by atoms with van der Waals surface area (Å²) in [7, 11) is 1.61. The van der Waals surface area contributed by atoms with Crippen LogP contribution < -0.4 is 15.8 Å². The Kier molecular flexibility index (Phi) is 7.92. The lowest BCUT2D eigenvalue weighted by Gasteiger charge is -2.24. The van der Waals surface area contributed by atoms with Crippen molar-refractivity contribution in [1.29, 1.82) is 0 Å². The number of carbonyl (C=O) groups is 1. The Morgan fingerprint density at radius 1 is 1.22 bits per heavy atom. The van der Waals surface area contributed by atoms with Crippen LogP contribution in [0.15, 0.2) is 48.5 Å². The van der Waals surface area contributed by atoms with Gasteiger partial charge in [0.15, 0.2) is 0 Å². The predicted octanol–water partition coefficient (Wildman–Crippen LogP) is 3.48. The third kappa shape index (κ3) is 4.93. The summed E-state index contributed by atoms with van der Waals surface area (Å²) >= 11 is 6.41. The minimum absolute atomic E-state index is 0. The van der Waals surface area contributed by atoms with E-state index in [0.717, 1.165) is 17.5 Å². The van der Waals surface area contributed by atoms with E-state index in [0.29, 0.717) is 23.7 Å². The number of nitrogens with one attached hydrogen (secondary N) is 1. The zero-order valence-electron chi connectivity index (χ0n) is 15.1. The highest BCUT2D eigenvalue weighted by Crippen LogP contribution is 2.34. The molecule has 1 aliphatic heterocycles. The molecule has 1 aliphatic rings. The molecule has 0 aromatic heterocycles. The van der Waals surface area contributed by atoms with Gasteiger partial charge in [-0.2, -0.15) is 0 Å². The van der Waals surface area contributed by atoms with Gasteiger partial charge in [0.05, 0.1) is 19.3 Å². The van der Waals surface area contributed by atoms with Crippen molar-refractivity contribution in [3.05, 3.63) is 64.7 Å². The standard InChI is InChI=1S/C20H23ClN2O3.ClH/c1-25-17-9-5-3-7-15(17)19(14-6-2-4-8-16(14)21)23-20(24)18-11-10-13(12-22)26-18;/h2-9,13,18-19H,10-12,22H2,1H3,(H,23,24);1H/t13-,18+,19?;/m1./s1. The molecule has 1 heterocycles. The van der Waals surface area contributed by atoms with Crippen molar-refractivity contribution in [3.8, 4) is 5.75 Å². The van der Waals surface area contributed by atoms with Crippen LogP contribution in [0.5, 0.6) is 5.75 Å². The van der Waals surface area contributed by atoms with Crippen molar-refractivity contribution in [2.45, 2.75) is 31.1 Å². The Morgan fingerprint density at radius 3 is 2.52 bits per heavy atom. The first kappa shape index (κ1) is 21.5. The van der Waals surface area contributed by atoms with Crippen molar-refractivity contribution in [2.75, 3.05) is 13.7 Å². The van der Waals surface area contributed by atoms with E-state index < -0.39 is 12.1 Å². The van der Waals surface area contributed by atoms with Crippen molar-refractivity contribution < 1.29 is 14.3 Å². The average molecular weight is 411 g/mol. The molecular weight excluding hydrogens is 387 g/mol. The zero-order chi connectivity index (χ0) is 18.5. The summed E-state index contributed by atoms with van der Waals surface area (Å²) < 4.78 is 11.2. The van der Waals surface area contributed by atoms with Crippen LogP contribution in [-0.4, -0.2) is 31.8 Å². The molecule has 2 aromatic carbocycles. The van der Waals surface area contributed by atoms with Crippen molar-refractivity contribution in [1.82, 2.24) is 5.32 Å². The molecular formula is C20H24Cl2N2O3. The van der Waals surface area contributed by atoms with Gasteiger partial charge >= 0.3 is 0 Å². The van der Waals surface area contributed by atoms with Gasteiger partial charge in [0.1, 0.15) is 11.9 Å². The van der Waals surface area contributed by atoms with Crippen LogP contribution in [0.4, 0.5) is 0 Å². The van der Waals surface area contributed by atoms with Gasteiger partial charge in [-0.1, -0.05) is 48.0 Å². The fraction of sp³-hybridized carbons (Fsp3) is 0.350. The van der Waals surface area contributed by atoms with Gasteiger partial charge in [0.25, 0.3) is 0 Å². The fourth-order valence-corrected chi connectivity index (χ4v) is 3.49.